The zero-order chi connectivity index (χ0) is 13.5. The summed E-state index contributed by atoms with van der Waals surface area (Å²) < 4.78 is 0. The summed E-state index contributed by atoms with van der Waals surface area (Å²) in [6.45, 7) is 3.49. The molecule has 0 aliphatic rings. The van der Waals surface area contributed by atoms with Crippen LogP contribution in [0.3, 0.4) is 0 Å². The zero-order valence-electron chi connectivity index (χ0n) is 10.6. The van der Waals surface area contributed by atoms with Crippen LogP contribution in [-0.4, -0.2) is 21.8 Å². The van der Waals surface area contributed by atoms with Crippen LogP contribution in [0.5, 0.6) is 0 Å². The van der Waals surface area contributed by atoms with Crippen LogP contribution >= 0.6 is 0 Å². The van der Waals surface area contributed by atoms with Crippen LogP contribution in [0.25, 0.3) is 6.08 Å². The minimum absolute atomic E-state index is 0.183. The van der Waals surface area contributed by atoms with Crippen molar-refractivity contribution in [1.29, 1.82) is 0 Å². The van der Waals surface area contributed by atoms with Gasteiger partial charge in [0.15, 0.2) is 0 Å². The van der Waals surface area contributed by atoms with Crippen LogP contribution in [0, 0.1) is 6.92 Å². The number of carbonyl (C=O) groups is 2. The number of carboxylic acids is 1. The Bertz CT molecular complexity index is 478. The first-order valence-corrected chi connectivity index (χ1v) is 5.85. The van der Waals surface area contributed by atoms with E-state index >= 15 is 0 Å². The maximum Gasteiger partial charge on any atom is 0.328 e. The number of aryl methyl sites for hydroxylation is 2. The average molecular weight is 247 g/mol. The highest BCUT2D eigenvalue weighted by atomic mass is 16.4. The Labute approximate surface area is 106 Å². The Hall–Kier alpha value is -1.97. The summed E-state index contributed by atoms with van der Waals surface area (Å²) in [7, 11) is 0. The lowest BCUT2D eigenvalue weighted by atomic mass is 10.0. The molecular formula is C14H17NO3. The van der Waals surface area contributed by atoms with E-state index in [-0.39, 0.29) is 5.78 Å². The number of Topliss-reactive ketones (excluding diaryl/α,β-unsaturated/α-hetero) is 1. The summed E-state index contributed by atoms with van der Waals surface area (Å²) in [4.78, 5) is 25.5. The Balaban J connectivity index is 2.74. The van der Waals surface area contributed by atoms with Crippen molar-refractivity contribution in [3.63, 3.8) is 0 Å². The summed E-state index contributed by atoms with van der Waals surface area (Å²) in [6.07, 6.45) is 6.39. The summed E-state index contributed by atoms with van der Waals surface area (Å²) in [5, 5.41) is 8.56. The number of carbonyl (C=O) groups excluding carboxylic acids is 1. The monoisotopic (exact) mass is 247 g/mol. The molecule has 0 saturated carbocycles. The molecule has 18 heavy (non-hydrogen) atoms. The normalized spacial score (nSPS) is 10.8. The van der Waals surface area contributed by atoms with Crippen molar-refractivity contribution in [1.82, 2.24) is 4.98 Å². The number of hydrogen-bond donors (Lipinski definition) is 1. The van der Waals surface area contributed by atoms with Crippen LogP contribution in [0.4, 0.5) is 0 Å². The minimum atomic E-state index is -0.978. The van der Waals surface area contributed by atoms with Gasteiger partial charge in [-0.3, -0.25) is 4.98 Å². The summed E-state index contributed by atoms with van der Waals surface area (Å²) >= 11 is 0. The minimum Gasteiger partial charge on any atom is -0.478 e. The van der Waals surface area contributed by atoms with E-state index in [0.717, 1.165) is 35.7 Å². The number of hydrogen-bond acceptors (Lipinski definition) is 3. The molecule has 1 aromatic heterocycles. The molecule has 0 atom stereocenters. The van der Waals surface area contributed by atoms with Crippen molar-refractivity contribution in [3.8, 4) is 0 Å². The maximum absolute atomic E-state index is 10.9. The first-order chi connectivity index (χ1) is 8.49. The molecule has 0 radical (unpaired) electrons. The molecular weight excluding hydrogens is 230 g/mol. The Morgan fingerprint density at radius 1 is 1.44 bits per heavy atom. The van der Waals surface area contributed by atoms with Crippen LogP contribution in [0.2, 0.25) is 0 Å². The summed E-state index contributed by atoms with van der Waals surface area (Å²) in [5.41, 5.74) is 2.75. The van der Waals surface area contributed by atoms with Crippen LogP contribution in [0.15, 0.2) is 18.3 Å². The van der Waals surface area contributed by atoms with E-state index in [9.17, 15) is 9.59 Å². The fourth-order valence-electron chi connectivity index (χ4n) is 1.64. The highest BCUT2D eigenvalue weighted by molar-refractivity contribution is 5.85. The molecule has 4 heteroatoms. The van der Waals surface area contributed by atoms with E-state index in [0.29, 0.717) is 6.42 Å². The van der Waals surface area contributed by atoms with Gasteiger partial charge >= 0.3 is 5.97 Å². The molecule has 96 valence electrons. The van der Waals surface area contributed by atoms with Gasteiger partial charge in [-0.1, -0.05) is 0 Å². The van der Waals surface area contributed by atoms with E-state index in [1.165, 1.54) is 6.08 Å². The molecule has 4 nitrogen and oxygen atoms in total. The number of rotatable bonds is 6. The first-order valence-electron chi connectivity index (χ1n) is 5.85. The molecule has 1 heterocycles. The van der Waals surface area contributed by atoms with Crippen molar-refractivity contribution >= 4 is 17.8 Å². The second-order valence-electron chi connectivity index (χ2n) is 4.24. The van der Waals surface area contributed by atoms with Gasteiger partial charge in [-0.15, -0.1) is 0 Å². The molecule has 0 saturated heterocycles. The van der Waals surface area contributed by atoms with Gasteiger partial charge in [0.25, 0.3) is 0 Å². The third-order valence-electron chi connectivity index (χ3n) is 2.61. The van der Waals surface area contributed by atoms with Crippen molar-refractivity contribution < 1.29 is 14.7 Å². The molecule has 0 spiro atoms. The van der Waals surface area contributed by atoms with Crippen LogP contribution < -0.4 is 0 Å². The number of pyridine rings is 1. The molecule has 0 aromatic carbocycles. The van der Waals surface area contributed by atoms with E-state index in [2.05, 4.69) is 4.98 Å². The SMILES string of the molecule is CC(=O)CCCc1cc(/C=C/C(=O)O)cnc1C. The van der Waals surface area contributed by atoms with Gasteiger partial charge < -0.3 is 9.90 Å². The topological polar surface area (TPSA) is 67.3 Å². The fourth-order valence-corrected chi connectivity index (χ4v) is 1.64. The molecule has 1 rings (SSSR count). The summed E-state index contributed by atoms with van der Waals surface area (Å²) in [5.74, 6) is -0.795. The van der Waals surface area contributed by atoms with E-state index in [4.69, 9.17) is 5.11 Å². The average Bonchev–Trinajstić information content (AvgIpc) is 2.29. The Kier molecular flexibility index (Phi) is 5.24. The largest absolute Gasteiger partial charge is 0.478 e. The van der Waals surface area contributed by atoms with E-state index in [1.54, 1.807) is 13.1 Å². The Morgan fingerprint density at radius 3 is 2.78 bits per heavy atom. The molecule has 0 aliphatic carbocycles. The molecule has 0 amide bonds. The highest BCUT2D eigenvalue weighted by Crippen LogP contribution is 2.13. The van der Waals surface area contributed by atoms with Crippen LogP contribution in [0.1, 0.15) is 36.6 Å². The Morgan fingerprint density at radius 2 is 2.17 bits per heavy atom. The van der Waals surface area contributed by atoms with Crippen LogP contribution in [-0.2, 0) is 16.0 Å². The lowest BCUT2D eigenvalue weighted by Crippen LogP contribution is -1.97. The van der Waals surface area contributed by atoms with Gasteiger partial charge in [0.2, 0.25) is 0 Å². The second kappa shape index (κ2) is 6.69. The quantitative estimate of drug-likeness (QED) is 0.784. The lowest BCUT2D eigenvalue weighted by molar-refractivity contribution is -0.131. The number of aromatic nitrogens is 1. The van der Waals surface area contributed by atoms with Gasteiger partial charge in [0.05, 0.1) is 0 Å². The maximum atomic E-state index is 10.9. The molecule has 0 fully saturated rings. The van der Waals surface area contributed by atoms with Crippen molar-refractivity contribution in [3.05, 3.63) is 35.2 Å². The number of ketones is 1. The van der Waals surface area contributed by atoms with Gasteiger partial charge in [0.1, 0.15) is 5.78 Å². The number of nitrogens with zero attached hydrogens (tertiary/aromatic N) is 1. The van der Waals surface area contributed by atoms with Crippen molar-refractivity contribution in [2.24, 2.45) is 0 Å². The molecule has 0 bridgehead atoms. The standard InChI is InChI=1S/C14H17NO3/c1-10(16)4-3-5-13-8-12(6-7-14(17)18)9-15-11(13)2/h6-9H,3-5H2,1-2H3,(H,17,18)/b7-6+. The first kappa shape index (κ1) is 14.1. The third-order valence-corrected chi connectivity index (χ3v) is 2.61. The second-order valence-corrected chi connectivity index (χ2v) is 4.24. The van der Waals surface area contributed by atoms with E-state index < -0.39 is 5.97 Å². The number of carboxylic acid groups (broad SMARTS) is 1. The van der Waals surface area contributed by atoms with Crippen molar-refractivity contribution in [2.45, 2.75) is 33.1 Å². The smallest absolute Gasteiger partial charge is 0.328 e. The predicted molar refractivity (Wildman–Crippen MR) is 69.3 cm³/mol. The van der Waals surface area contributed by atoms with Gasteiger partial charge in [-0.2, -0.15) is 0 Å². The lowest BCUT2D eigenvalue weighted by Gasteiger charge is -2.05. The van der Waals surface area contributed by atoms with E-state index in [1.807, 2.05) is 13.0 Å². The van der Waals surface area contributed by atoms with Gasteiger partial charge in [-0.25, -0.2) is 4.79 Å². The van der Waals surface area contributed by atoms with Gasteiger partial charge in [0, 0.05) is 24.4 Å². The molecule has 0 unspecified atom stereocenters. The predicted octanol–water partition coefficient (Wildman–Crippen LogP) is 2.40. The molecule has 0 aliphatic heterocycles. The summed E-state index contributed by atoms with van der Waals surface area (Å²) in [6, 6.07) is 1.92. The molecule has 1 N–H and O–H groups in total. The zero-order valence-corrected chi connectivity index (χ0v) is 10.6. The number of aliphatic carboxylic acids is 1. The third kappa shape index (κ3) is 4.91. The molecule has 1 aromatic rings. The fraction of sp³-hybridized carbons (Fsp3) is 0.357. The van der Waals surface area contributed by atoms with Gasteiger partial charge in [-0.05, 0) is 50.0 Å². The highest BCUT2D eigenvalue weighted by Gasteiger charge is 2.02. The van der Waals surface area contributed by atoms with Crippen molar-refractivity contribution in [2.75, 3.05) is 0 Å².